The molecule has 0 aromatic heterocycles. The van der Waals surface area contributed by atoms with Gasteiger partial charge in [-0.1, -0.05) is 24.3 Å². The lowest BCUT2D eigenvalue weighted by atomic mass is 10.1. The predicted molar refractivity (Wildman–Crippen MR) is 86.1 cm³/mol. The number of ether oxygens (including phenoxy) is 1. The predicted octanol–water partition coefficient (Wildman–Crippen LogP) is 3.09. The molecule has 1 N–H and O–H groups in total. The number of nitrogens with one attached hydrogen (secondary N) is 1. The van der Waals surface area contributed by atoms with Crippen LogP contribution in [0.3, 0.4) is 0 Å². The summed E-state index contributed by atoms with van der Waals surface area (Å²) in [6.45, 7) is 0. The number of benzene rings is 2. The molecule has 0 atom stereocenters. The Morgan fingerprint density at radius 2 is 1.83 bits per heavy atom. The number of hydrogen-bond acceptors (Lipinski definition) is 3. The summed E-state index contributed by atoms with van der Waals surface area (Å²) >= 11 is 0. The Bertz CT molecular complexity index is 751. The number of carbonyl (C=O) groups excluding carboxylic acids is 2. The summed E-state index contributed by atoms with van der Waals surface area (Å²) in [6, 6.07) is 10.9. The van der Waals surface area contributed by atoms with E-state index in [1.165, 1.54) is 31.4 Å². The van der Waals surface area contributed by atoms with E-state index in [0.29, 0.717) is 5.56 Å². The highest BCUT2D eigenvalue weighted by Gasteiger charge is 2.14. The molecule has 0 unspecified atom stereocenters. The Kier molecular flexibility index (Phi) is 5.25. The van der Waals surface area contributed by atoms with Crippen molar-refractivity contribution in [1.29, 1.82) is 0 Å². The molecule has 0 aliphatic heterocycles. The van der Waals surface area contributed by atoms with E-state index in [1.807, 2.05) is 0 Å². The van der Waals surface area contributed by atoms with Gasteiger partial charge in [0.05, 0.1) is 12.7 Å². The maximum atomic E-state index is 13.8. The van der Waals surface area contributed by atoms with E-state index in [-0.39, 0.29) is 17.2 Å². The molecular formula is C18H16FNO3. The number of hydrogen-bond donors (Lipinski definition) is 1. The van der Waals surface area contributed by atoms with Crippen molar-refractivity contribution in [3.05, 3.63) is 71.0 Å². The van der Waals surface area contributed by atoms with Crippen LogP contribution >= 0.6 is 0 Å². The first-order valence-electron chi connectivity index (χ1n) is 6.94. The average molecular weight is 313 g/mol. The van der Waals surface area contributed by atoms with E-state index in [2.05, 4.69) is 5.32 Å². The highest BCUT2D eigenvalue weighted by molar-refractivity contribution is 6.08. The van der Waals surface area contributed by atoms with Gasteiger partial charge in [0, 0.05) is 12.6 Å². The summed E-state index contributed by atoms with van der Waals surface area (Å²) in [7, 11) is 2.93. The number of ketones is 1. The maximum absolute atomic E-state index is 13.8. The molecule has 0 bridgehead atoms. The zero-order valence-corrected chi connectivity index (χ0v) is 12.8. The van der Waals surface area contributed by atoms with E-state index in [1.54, 1.807) is 37.4 Å². The first-order valence-corrected chi connectivity index (χ1v) is 6.94. The smallest absolute Gasteiger partial charge is 0.251 e. The fraction of sp³-hybridized carbons (Fsp3) is 0.111. The standard InChI is InChI=1S/C18H16FNO3/c1-20-18(22)13-9-6-12(7-10-13)8-11-15(21)17-14(19)4-3-5-16(17)23-2/h3-11H,1-2H3,(H,20,22). The molecule has 0 spiro atoms. The first-order chi connectivity index (χ1) is 11.1. The van der Waals surface area contributed by atoms with Crippen molar-refractivity contribution in [2.24, 2.45) is 0 Å². The fourth-order valence-corrected chi connectivity index (χ4v) is 2.06. The second-order valence-corrected chi connectivity index (χ2v) is 4.72. The van der Waals surface area contributed by atoms with Crippen LogP contribution in [0.25, 0.3) is 6.08 Å². The van der Waals surface area contributed by atoms with Gasteiger partial charge in [0.15, 0.2) is 5.78 Å². The molecule has 118 valence electrons. The van der Waals surface area contributed by atoms with Gasteiger partial charge in [0.2, 0.25) is 0 Å². The van der Waals surface area contributed by atoms with E-state index in [0.717, 1.165) is 5.56 Å². The topological polar surface area (TPSA) is 55.4 Å². The van der Waals surface area contributed by atoms with E-state index < -0.39 is 11.6 Å². The quantitative estimate of drug-likeness (QED) is 0.682. The van der Waals surface area contributed by atoms with Crippen LogP contribution < -0.4 is 10.1 Å². The Balaban J connectivity index is 2.20. The van der Waals surface area contributed by atoms with Crippen LogP contribution in [0.5, 0.6) is 5.75 Å². The number of allylic oxidation sites excluding steroid dienone is 1. The van der Waals surface area contributed by atoms with E-state index >= 15 is 0 Å². The largest absolute Gasteiger partial charge is 0.496 e. The van der Waals surface area contributed by atoms with Crippen LogP contribution in [-0.4, -0.2) is 25.8 Å². The first kappa shape index (κ1) is 16.4. The molecule has 1 amide bonds. The number of amides is 1. The third-order valence-electron chi connectivity index (χ3n) is 3.27. The molecule has 0 radical (unpaired) electrons. The Morgan fingerprint density at radius 3 is 2.43 bits per heavy atom. The normalized spacial score (nSPS) is 10.6. The SMILES string of the molecule is CNC(=O)c1ccc(C=CC(=O)c2c(F)cccc2OC)cc1. The van der Waals surface area contributed by atoms with Crippen molar-refractivity contribution in [2.45, 2.75) is 0 Å². The van der Waals surface area contributed by atoms with Gasteiger partial charge in [0.1, 0.15) is 11.6 Å². The van der Waals surface area contributed by atoms with Gasteiger partial charge in [-0.05, 0) is 35.9 Å². The zero-order chi connectivity index (χ0) is 16.8. The minimum absolute atomic E-state index is 0.103. The molecule has 0 saturated carbocycles. The Hall–Kier alpha value is -2.95. The van der Waals surface area contributed by atoms with Gasteiger partial charge in [-0.3, -0.25) is 9.59 Å². The van der Waals surface area contributed by atoms with Crippen LogP contribution in [0.2, 0.25) is 0 Å². The second-order valence-electron chi connectivity index (χ2n) is 4.72. The molecule has 2 aromatic rings. The highest BCUT2D eigenvalue weighted by Crippen LogP contribution is 2.22. The van der Waals surface area contributed by atoms with Crippen LogP contribution in [0.4, 0.5) is 4.39 Å². The molecule has 0 aliphatic rings. The maximum Gasteiger partial charge on any atom is 0.251 e. The Labute approximate surface area is 133 Å². The molecule has 4 nitrogen and oxygen atoms in total. The summed E-state index contributed by atoms with van der Waals surface area (Å²) < 4.78 is 18.8. The van der Waals surface area contributed by atoms with Crippen molar-refractivity contribution in [2.75, 3.05) is 14.2 Å². The van der Waals surface area contributed by atoms with Crippen LogP contribution in [0.1, 0.15) is 26.3 Å². The lowest BCUT2D eigenvalue weighted by Crippen LogP contribution is -2.17. The highest BCUT2D eigenvalue weighted by atomic mass is 19.1. The molecule has 0 saturated heterocycles. The van der Waals surface area contributed by atoms with Crippen molar-refractivity contribution >= 4 is 17.8 Å². The number of halogens is 1. The van der Waals surface area contributed by atoms with Gasteiger partial charge in [-0.25, -0.2) is 4.39 Å². The second kappa shape index (κ2) is 7.35. The van der Waals surface area contributed by atoms with Crippen molar-refractivity contribution in [3.8, 4) is 5.75 Å². The van der Waals surface area contributed by atoms with E-state index in [4.69, 9.17) is 4.74 Å². The van der Waals surface area contributed by atoms with Gasteiger partial charge in [-0.15, -0.1) is 0 Å². The number of methoxy groups -OCH3 is 1. The Morgan fingerprint density at radius 1 is 1.13 bits per heavy atom. The molecule has 2 aromatic carbocycles. The molecule has 0 heterocycles. The summed E-state index contributed by atoms with van der Waals surface area (Å²) in [4.78, 5) is 23.6. The number of rotatable bonds is 5. The average Bonchev–Trinajstić information content (AvgIpc) is 2.59. The van der Waals surface area contributed by atoms with Crippen molar-refractivity contribution < 1.29 is 18.7 Å². The van der Waals surface area contributed by atoms with Crippen molar-refractivity contribution in [1.82, 2.24) is 5.32 Å². The summed E-state index contributed by atoms with van der Waals surface area (Å²) in [6.07, 6.45) is 2.83. The summed E-state index contributed by atoms with van der Waals surface area (Å²) in [5.74, 6) is -1.12. The molecule has 0 fully saturated rings. The van der Waals surface area contributed by atoms with Gasteiger partial charge in [0.25, 0.3) is 5.91 Å². The lowest BCUT2D eigenvalue weighted by Gasteiger charge is -2.06. The monoisotopic (exact) mass is 313 g/mol. The molecule has 5 heteroatoms. The summed E-state index contributed by atoms with van der Waals surface area (Å²) in [5.41, 5.74) is 1.14. The number of carbonyl (C=O) groups is 2. The van der Waals surface area contributed by atoms with Crippen LogP contribution in [0, 0.1) is 5.82 Å². The summed E-state index contributed by atoms with van der Waals surface area (Å²) in [5, 5.41) is 2.52. The molecular weight excluding hydrogens is 297 g/mol. The van der Waals surface area contributed by atoms with Gasteiger partial charge >= 0.3 is 0 Å². The zero-order valence-electron chi connectivity index (χ0n) is 12.8. The van der Waals surface area contributed by atoms with Gasteiger partial charge < -0.3 is 10.1 Å². The van der Waals surface area contributed by atoms with Gasteiger partial charge in [-0.2, -0.15) is 0 Å². The van der Waals surface area contributed by atoms with Crippen LogP contribution in [-0.2, 0) is 0 Å². The minimum Gasteiger partial charge on any atom is -0.496 e. The molecule has 0 aliphatic carbocycles. The van der Waals surface area contributed by atoms with Crippen LogP contribution in [0.15, 0.2) is 48.5 Å². The molecule has 2 rings (SSSR count). The third-order valence-corrected chi connectivity index (χ3v) is 3.27. The van der Waals surface area contributed by atoms with Crippen molar-refractivity contribution in [3.63, 3.8) is 0 Å². The molecule has 23 heavy (non-hydrogen) atoms. The van der Waals surface area contributed by atoms with E-state index in [9.17, 15) is 14.0 Å². The third kappa shape index (κ3) is 3.83. The lowest BCUT2D eigenvalue weighted by molar-refractivity contribution is 0.0962. The minimum atomic E-state index is -0.631. The fourth-order valence-electron chi connectivity index (χ4n) is 2.06.